The lowest BCUT2D eigenvalue weighted by Gasteiger charge is -2.13. The number of ether oxygens (including phenoxy) is 2. The first-order chi connectivity index (χ1) is 17.7. The second-order valence-corrected chi connectivity index (χ2v) is 8.18. The Labute approximate surface area is 206 Å². The van der Waals surface area contributed by atoms with E-state index in [1.165, 1.54) is 6.33 Å². The van der Waals surface area contributed by atoms with Crippen LogP contribution < -0.4 is 14.8 Å². The van der Waals surface area contributed by atoms with Gasteiger partial charge < -0.3 is 19.4 Å². The molecular weight excluding hydrogens is 456 g/mol. The van der Waals surface area contributed by atoms with Gasteiger partial charge in [-0.2, -0.15) is 5.10 Å². The molecule has 0 unspecified atom stereocenters. The second-order valence-electron chi connectivity index (χ2n) is 8.18. The number of hydrogen-bond acceptors (Lipinski definition) is 8. The minimum atomic E-state index is 0.531. The molecule has 178 valence electrons. The molecule has 10 heteroatoms. The van der Waals surface area contributed by atoms with Crippen molar-refractivity contribution in [2.45, 2.75) is 13.5 Å². The van der Waals surface area contributed by atoms with E-state index >= 15 is 0 Å². The average Bonchev–Trinajstić information content (AvgIpc) is 3.58. The van der Waals surface area contributed by atoms with E-state index in [0.29, 0.717) is 18.2 Å². The summed E-state index contributed by atoms with van der Waals surface area (Å²) in [7, 11) is 0. The van der Waals surface area contributed by atoms with E-state index in [0.717, 1.165) is 45.8 Å². The van der Waals surface area contributed by atoms with E-state index in [1.54, 1.807) is 23.4 Å². The Balaban J connectivity index is 1.19. The molecule has 1 N–H and O–H groups in total. The summed E-state index contributed by atoms with van der Waals surface area (Å²) < 4.78 is 15.7. The smallest absolute Gasteiger partial charge is 0.158 e. The third-order valence-electron chi connectivity index (χ3n) is 5.70. The van der Waals surface area contributed by atoms with Gasteiger partial charge in [0.1, 0.15) is 42.3 Å². The summed E-state index contributed by atoms with van der Waals surface area (Å²) in [5.41, 5.74) is 3.42. The largest absolute Gasteiger partial charge is 0.492 e. The van der Waals surface area contributed by atoms with Crippen LogP contribution >= 0.6 is 0 Å². The number of pyridine rings is 1. The van der Waals surface area contributed by atoms with Gasteiger partial charge in [-0.3, -0.25) is 0 Å². The van der Waals surface area contributed by atoms with Crippen LogP contribution in [0.1, 0.15) is 5.56 Å². The van der Waals surface area contributed by atoms with Crippen LogP contribution in [0.3, 0.4) is 0 Å². The molecule has 4 heterocycles. The summed E-state index contributed by atoms with van der Waals surface area (Å²) in [6, 6.07) is 15.4. The zero-order valence-corrected chi connectivity index (χ0v) is 19.4. The van der Waals surface area contributed by atoms with E-state index in [9.17, 15) is 0 Å². The first-order valence-corrected chi connectivity index (χ1v) is 11.4. The lowest BCUT2D eigenvalue weighted by atomic mass is 10.2. The Morgan fingerprint density at radius 1 is 0.917 bits per heavy atom. The van der Waals surface area contributed by atoms with Crippen molar-refractivity contribution in [3.05, 3.63) is 91.7 Å². The van der Waals surface area contributed by atoms with Crippen molar-refractivity contribution in [1.82, 2.24) is 34.1 Å². The predicted octanol–water partition coefficient (Wildman–Crippen LogP) is 4.79. The van der Waals surface area contributed by atoms with Crippen molar-refractivity contribution in [2.24, 2.45) is 0 Å². The minimum absolute atomic E-state index is 0.531. The Morgan fingerprint density at radius 2 is 1.89 bits per heavy atom. The molecule has 6 rings (SSSR count). The van der Waals surface area contributed by atoms with Gasteiger partial charge in [0.05, 0.1) is 18.4 Å². The molecular formula is C26H22N8O2. The standard InChI is InChI=1S/C26H22N8O2/c1-18-12-19(2-5-24(18)36-21-6-8-34-25(14-21)29-16-31-34)32-26-22-13-20(3-4-23(22)28-15-30-26)35-11-10-33-9-7-27-17-33/h2-9,12-17H,10-11H2,1H3,(H,28,30,32). The van der Waals surface area contributed by atoms with Crippen LogP contribution in [0.4, 0.5) is 11.5 Å². The van der Waals surface area contributed by atoms with Crippen LogP contribution in [-0.4, -0.2) is 40.7 Å². The second kappa shape index (κ2) is 9.34. The molecule has 0 bridgehead atoms. The summed E-state index contributed by atoms with van der Waals surface area (Å²) in [5.74, 6) is 2.91. The Kier molecular flexibility index (Phi) is 5.59. The van der Waals surface area contributed by atoms with Gasteiger partial charge in [-0.05, 0) is 55.0 Å². The quantitative estimate of drug-likeness (QED) is 0.333. The molecule has 0 saturated heterocycles. The van der Waals surface area contributed by atoms with Crippen LogP contribution in [0.2, 0.25) is 0 Å². The van der Waals surface area contributed by atoms with Gasteiger partial charge in [0.25, 0.3) is 0 Å². The van der Waals surface area contributed by atoms with E-state index in [2.05, 4.69) is 30.4 Å². The van der Waals surface area contributed by atoms with Crippen molar-refractivity contribution in [3.63, 3.8) is 0 Å². The number of aryl methyl sites for hydroxylation is 1. The van der Waals surface area contributed by atoms with E-state index in [1.807, 2.05) is 72.4 Å². The summed E-state index contributed by atoms with van der Waals surface area (Å²) in [6.45, 7) is 3.25. The molecule has 2 aromatic carbocycles. The number of nitrogens with one attached hydrogen (secondary N) is 1. The summed E-state index contributed by atoms with van der Waals surface area (Å²) in [4.78, 5) is 17.1. The lowest BCUT2D eigenvalue weighted by molar-refractivity contribution is 0.298. The average molecular weight is 479 g/mol. The fourth-order valence-electron chi connectivity index (χ4n) is 3.88. The van der Waals surface area contributed by atoms with E-state index < -0.39 is 0 Å². The molecule has 0 radical (unpaired) electrons. The van der Waals surface area contributed by atoms with Gasteiger partial charge in [0.15, 0.2) is 5.65 Å². The molecule has 0 aliphatic heterocycles. The highest BCUT2D eigenvalue weighted by molar-refractivity contribution is 5.91. The molecule has 0 aliphatic rings. The number of aromatic nitrogens is 7. The highest BCUT2D eigenvalue weighted by Gasteiger charge is 2.09. The van der Waals surface area contributed by atoms with Gasteiger partial charge in [-0.1, -0.05) is 0 Å². The number of hydrogen-bond donors (Lipinski definition) is 1. The van der Waals surface area contributed by atoms with Crippen molar-refractivity contribution < 1.29 is 9.47 Å². The number of rotatable bonds is 8. The van der Waals surface area contributed by atoms with Crippen molar-refractivity contribution in [1.29, 1.82) is 0 Å². The maximum Gasteiger partial charge on any atom is 0.158 e. The van der Waals surface area contributed by atoms with E-state index in [4.69, 9.17) is 9.47 Å². The number of imidazole rings is 1. The van der Waals surface area contributed by atoms with E-state index in [-0.39, 0.29) is 0 Å². The van der Waals surface area contributed by atoms with Gasteiger partial charge >= 0.3 is 0 Å². The van der Waals surface area contributed by atoms with Crippen LogP contribution in [0.15, 0.2) is 86.1 Å². The topological polar surface area (TPSA) is 104 Å². The third kappa shape index (κ3) is 4.51. The normalized spacial score (nSPS) is 11.1. The van der Waals surface area contributed by atoms with Crippen LogP contribution in [0, 0.1) is 6.92 Å². The highest BCUT2D eigenvalue weighted by Crippen LogP contribution is 2.31. The molecule has 0 amide bonds. The molecule has 0 aliphatic carbocycles. The summed E-state index contributed by atoms with van der Waals surface area (Å²) >= 11 is 0. The number of anilines is 2. The first-order valence-electron chi connectivity index (χ1n) is 11.4. The van der Waals surface area contributed by atoms with Crippen molar-refractivity contribution >= 4 is 28.1 Å². The molecule has 6 aromatic rings. The minimum Gasteiger partial charge on any atom is -0.492 e. The summed E-state index contributed by atoms with van der Waals surface area (Å²) in [6.07, 6.45) is 10.3. The molecule has 10 nitrogen and oxygen atoms in total. The number of nitrogens with zero attached hydrogens (tertiary/aromatic N) is 7. The number of benzene rings is 2. The molecule has 0 saturated carbocycles. The maximum absolute atomic E-state index is 6.09. The monoisotopic (exact) mass is 478 g/mol. The van der Waals surface area contributed by atoms with Gasteiger partial charge in [0, 0.05) is 35.7 Å². The summed E-state index contributed by atoms with van der Waals surface area (Å²) in [5, 5.41) is 8.39. The van der Waals surface area contributed by atoms with Crippen LogP contribution in [0.5, 0.6) is 17.2 Å². The van der Waals surface area contributed by atoms with Crippen molar-refractivity contribution in [2.75, 3.05) is 11.9 Å². The molecule has 4 aromatic heterocycles. The molecule has 0 spiro atoms. The Bertz CT molecular complexity index is 1650. The number of fused-ring (bicyclic) bond motifs is 2. The van der Waals surface area contributed by atoms with Crippen LogP contribution in [-0.2, 0) is 6.54 Å². The van der Waals surface area contributed by atoms with Crippen molar-refractivity contribution in [3.8, 4) is 17.2 Å². The fourth-order valence-corrected chi connectivity index (χ4v) is 3.88. The van der Waals surface area contributed by atoms with Gasteiger partial charge in [-0.25, -0.2) is 24.5 Å². The molecule has 0 fully saturated rings. The Morgan fingerprint density at radius 3 is 2.78 bits per heavy atom. The zero-order chi connectivity index (χ0) is 24.3. The third-order valence-corrected chi connectivity index (χ3v) is 5.70. The highest BCUT2D eigenvalue weighted by atomic mass is 16.5. The maximum atomic E-state index is 6.09. The Hall–Kier alpha value is -4.99. The van der Waals surface area contributed by atoms with Crippen LogP contribution in [0.25, 0.3) is 16.6 Å². The molecule has 36 heavy (non-hydrogen) atoms. The lowest BCUT2D eigenvalue weighted by Crippen LogP contribution is -2.06. The zero-order valence-electron chi connectivity index (χ0n) is 19.4. The fraction of sp³-hybridized carbons (Fsp3) is 0.115. The predicted molar refractivity (Wildman–Crippen MR) is 135 cm³/mol. The van der Waals surface area contributed by atoms with Gasteiger partial charge in [-0.15, -0.1) is 0 Å². The molecule has 0 atom stereocenters. The van der Waals surface area contributed by atoms with Gasteiger partial charge in [0.2, 0.25) is 0 Å². The first kappa shape index (κ1) is 21.5. The SMILES string of the molecule is Cc1cc(Nc2ncnc3ccc(OCCn4ccnc4)cc23)ccc1Oc1ccn2ncnc2c1.